The summed E-state index contributed by atoms with van der Waals surface area (Å²) in [5.41, 5.74) is 5.90. The first kappa shape index (κ1) is 13.9. The molecule has 0 atom stereocenters. The molecule has 0 aliphatic carbocycles. The number of nitrogens with two attached hydrogens (primary N) is 1. The molecule has 0 aliphatic rings. The number of hydrogen-bond acceptors (Lipinski definition) is 2. The van der Waals surface area contributed by atoms with Crippen LogP contribution in [0.25, 0.3) is 0 Å². The van der Waals surface area contributed by atoms with Crippen molar-refractivity contribution in [1.29, 1.82) is 0 Å². The molecule has 0 fully saturated rings. The maximum absolute atomic E-state index is 13.4. The summed E-state index contributed by atoms with van der Waals surface area (Å²) >= 11 is 0. The van der Waals surface area contributed by atoms with E-state index >= 15 is 0 Å². The van der Waals surface area contributed by atoms with Gasteiger partial charge < -0.3 is 11.1 Å². The predicted octanol–water partition coefficient (Wildman–Crippen LogP) is 2.87. The van der Waals surface area contributed by atoms with E-state index in [-0.39, 0.29) is 23.4 Å². The SMILES string of the molecule is Nc1cc(F)ccc1NC(=O)Cc1ccc(F)cc1F. The predicted molar refractivity (Wildman–Crippen MR) is 69.5 cm³/mol. The van der Waals surface area contributed by atoms with E-state index < -0.39 is 23.4 Å². The van der Waals surface area contributed by atoms with E-state index in [1.165, 1.54) is 12.1 Å². The number of hydrogen-bond donors (Lipinski definition) is 2. The second-order valence-corrected chi connectivity index (χ2v) is 4.19. The minimum Gasteiger partial charge on any atom is -0.397 e. The highest BCUT2D eigenvalue weighted by molar-refractivity contribution is 5.95. The summed E-state index contributed by atoms with van der Waals surface area (Å²) < 4.78 is 39.0. The molecule has 3 nitrogen and oxygen atoms in total. The molecule has 2 rings (SSSR count). The Balaban J connectivity index is 2.09. The molecule has 2 aromatic carbocycles. The van der Waals surface area contributed by atoms with Crippen LogP contribution >= 0.6 is 0 Å². The molecule has 0 aliphatic heterocycles. The Labute approximate surface area is 113 Å². The van der Waals surface area contributed by atoms with Crippen LogP contribution in [-0.4, -0.2) is 5.91 Å². The summed E-state index contributed by atoms with van der Waals surface area (Å²) in [5, 5.41) is 2.44. The fraction of sp³-hybridized carbons (Fsp3) is 0.0714. The first-order valence-electron chi connectivity index (χ1n) is 5.74. The molecule has 2 aromatic rings. The average Bonchev–Trinajstić information content (AvgIpc) is 2.36. The molecule has 6 heteroatoms. The summed E-state index contributed by atoms with van der Waals surface area (Å²) in [6.45, 7) is 0. The lowest BCUT2D eigenvalue weighted by Gasteiger charge is -2.08. The molecule has 104 valence electrons. The number of anilines is 2. The lowest BCUT2D eigenvalue weighted by atomic mass is 10.1. The highest BCUT2D eigenvalue weighted by Crippen LogP contribution is 2.19. The molecular formula is C14H11F3N2O. The van der Waals surface area contributed by atoms with Crippen LogP contribution in [0.15, 0.2) is 36.4 Å². The van der Waals surface area contributed by atoms with Crippen molar-refractivity contribution in [2.24, 2.45) is 0 Å². The Morgan fingerprint density at radius 2 is 1.70 bits per heavy atom. The molecule has 0 bridgehead atoms. The maximum Gasteiger partial charge on any atom is 0.228 e. The summed E-state index contributed by atoms with van der Waals surface area (Å²) in [5.74, 6) is -2.57. The zero-order chi connectivity index (χ0) is 14.7. The summed E-state index contributed by atoms with van der Waals surface area (Å²) in [6, 6.07) is 6.48. The van der Waals surface area contributed by atoms with E-state index in [2.05, 4.69) is 5.32 Å². The maximum atomic E-state index is 13.4. The molecule has 20 heavy (non-hydrogen) atoms. The van der Waals surface area contributed by atoms with Crippen molar-refractivity contribution in [3.63, 3.8) is 0 Å². The Morgan fingerprint density at radius 1 is 1.05 bits per heavy atom. The second-order valence-electron chi connectivity index (χ2n) is 4.19. The number of nitrogen functional groups attached to an aromatic ring is 1. The van der Waals surface area contributed by atoms with Crippen molar-refractivity contribution in [2.45, 2.75) is 6.42 Å². The smallest absolute Gasteiger partial charge is 0.228 e. The zero-order valence-corrected chi connectivity index (χ0v) is 10.3. The minimum atomic E-state index is -0.799. The van der Waals surface area contributed by atoms with Gasteiger partial charge in [-0.1, -0.05) is 6.07 Å². The van der Waals surface area contributed by atoms with Gasteiger partial charge in [-0.3, -0.25) is 4.79 Å². The van der Waals surface area contributed by atoms with Crippen molar-refractivity contribution in [1.82, 2.24) is 0 Å². The van der Waals surface area contributed by atoms with Crippen molar-refractivity contribution in [3.05, 3.63) is 59.4 Å². The number of rotatable bonds is 3. The van der Waals surface area contributed by atoms with E-state index in [1.807, 2.05) is 0 Å². The van der Waals surface area contributed by atoms with Crippen LogP contribution in [0.5, 0.6) is 0 Å². The molecule has 0 saturated carbocycles. The third kappa shape index (κ3) is 3.28. The first-order valence-corrected chi connectivity index (χ1v) is 5.74. The Kier molecular flexibility index (Phi) is 3.93. The Hall–Kier alpha value is -2.50. The van der Waals surface area contributed by atoms with Crippen LogP contribution < -0.4 is 11.1 Å². The normalized spacial score (nSPS) is 10.3. The van der Waals surface area contributed by atoms with E-state index in [9.17, 15) is 18.0 Å². The van der Waals surface area contributed by atoms with Gasteiger partial charge in [-0.25, -0.2) is 13.2 Å². The molecule has 3 N–H and O–H groups in total. The van der Waals surface area contributed by atoms with E-state index in [4.69, 9.17) is 5.73 Å². The van der Waals surface area contributed by atoms with E-state index in [0.29, 0.717) is 6.07 Å². The van der Waals surface area contributed by atoms with Gasteiger partial charge in [0.25, 0.3) is 0 Å². The summed E-state index contributed by atoms with van der Waals surface area (Å²) in [6.07, 6.45) is -0.275. The van der Waals surface area contributed by atoms with Gasteiger partial charge in [-0.15, -0.1) is 0 Å². The molecule has 0 radical (unpaired) electrons. The van der Waals surface area contributed by atoms with Crippen molar-refractivity contribution in [3.8, 4) is 0 Å². The van der Waals surface area contributed by atoms with Gasteiger partial charge in [-0.2, -0.15) is 0 Å². The highest BCUT2D eigenvalue weighted by Gasteiger charge is 2.11. The molecular weight excluding hydrogens is 269 g/mol. The van der Waals surface area contributed by atoms with Gasteiger partial charge in [0.05, 0.1) is 17.8 Å². The van der Waals surface area contributed by atoms with Crippen LogP contribution in [-0.2, 0) is 11.2 Å². The largest absolute Gasteiger partial charge is 0.397 e. The summed E-state index contributed by atoms with van der Waals surface area (Å²) in [4.78, 5) is 11.7. The molecule has 1 amide bonds. The van der Waals surface area contributed by atoms with Crippen LogP contribution in [0.2, 0.25) is 0 Å². The second kappa shape index (κ2) is 5.64. The standard InChI is InChI=1S/C14H11F3N2O/c15-9-2-1-8(11(17)6-9)5-14(20)19-13-4-3-10(16)7-12(13)18/h1-4,6-7H,5,18H2,(H,19,20). The fourth-order valence-corrected chi connectivity index (χ4v) is 1.68. The number of halogens is 3. The summed E-state index contributed by atoms with van der Waals surface area (Å²) in [7, 11) is 0. The molecule has 0 heterocycles. The monoisotopic (exact) mass is 280 g/mol. The van der Waals surface area contributed by atoms with Crippen molar-refractivity contribution in [2.75, 3.05) is 11.1 Å². The number of nitrogens with one attached hydrogen (secondary N) is 1. The van der Waals surface area contributed by atoms with Gasteiger partial charge in [0.2, 0.25) is 5.91 Å². The minimum absolute atomic E-state index is 0.0598. The lowest BCUT2D eigenvalue weighted by Crippen LogP contribution is -2.16. The van der Waals surface area contributed by atoms with Crippen LogP contribution in [0.4, 0.5) is 24.5 Å². The Morgan fingerprint density at radius 3 is 2.35 bits per heavy atom. The van der Waals surface area contributed by atoms with E-state index in [0.717, 1.165) is 18.2 Å². The van der Waals surface area contributed by atoms with Crippen LogP contribution in [0.1, 0.15) is 5.56 Å². The number of amides is 1. The van der Waals surface area contributed by atoms with Gasteiger partial charge in [0.1, 0.15) is 17.5 Å². The van der Waals surface area contributed by atoms with Gasteiger partial charge >= 0.3 is 0 Å². The van der Waals surface area contributed by atoms with Gasteiger partial charge in [0.15, 0.2) is 0 Å². The quantitative estimate of drug-likeness (QED) is 0.849. The zero-order valence-electron chi connectivity index (χ0n) is 10.3. The molecule has 0 unspecified atom stereocenters. The van der Waals surface area contributed by atoms with Crippen molar-refractivity contribution >= 4 is 17.3 Å². The number of carbonyl (C=O) groups is 1. The first-order chi connectivity index (χ1) is 9.45. The highest BCUT2D eigenvalue weighted by atomic mass is 19.1. The third-order valence-electron chi connectivity index (χ3n) is 2.65. The fourth-order valence-electron chi connectivity index (χ4n) is 1.68. The third-order valence-corrected chi connectivity index (χ3v) is 2.65. The average molecular weight is 280 g/mol. The van der Waals surface area contributed by atoms with Gasteiger partial charge in [0, 0.05) is 6.07 Å². The number of benzene rings is 2. The van der Waals surface area contributed by atoms with E-state index in [1.54, 1.807) is 0 Å². The van der Waals surface area contributed by atoms with Crippen LogP contribution in [0, 0.1) is 17.5 Å². The van der Waals surface area contributed by atoms with Gasteiger partial charge in [-0.05, 0) is 29.8 Å². The molecule has 0 aromatic heterocycles. The van der Waals surface area contributed by atoms with Crippen LogP contribution in [0.3, 0.4) is 0 Å². The molecule has 0 spiro atoms. The number of carbonyl (C=O) groups excluding carboxylic acids is 1. The topological polar surface area (TPSA) is 55.1 Å². The Bertz CT molecular complexity index is 603. The molecule has 0 saturated heterocycles. The van der Waals surface area contributed by atoms with Crippen molar-refractivity contribution < 1.29 is 18.0 Å². The lowest BCUT2D eigenvalue weighted by molar-refractivity contribution is -0.115.